The van der Waals surface area contributed by atoms with Crippen molar-refractivity contribution < 1.29 is 24.2 Å². The average Bonchev–Trinajstić information content (AvgIpc) is 2.64. The first kappa shape index (κ1) is 21.8. The molecule has 2 unspecified atom stereocenters. The van der Waals surface area contributed by atoms with Gasteiger partial charge < -0.3 is 14.6 Å². The van der Waals surface area contributed by atoms with Crippen molar-refractivity contribution in [2.24, 2.45) is 11.8 Å². The maximum Gasteiger partial charge on any atom is 0.309 e. The van der Waals surface area contributed by atoms with E-state index in [0.29, 0.717) is 25.2 Å². The maximum atomic E-state index is 12.0. The molecule has 0 radical (unpaired) electrons. The molecule has 1 N–H and O–H groups in total. The van der Waals surface area contributed by atoms with Gasteiger partial charge in [-0.1, -0.05) is 30.7 Å². The molecule has 0 aliphatic carbocycles. The fourth-order valence-electron chi connectivity index (χ4n) is 2.03. The van der Waals surface area contributed by atoms with Gasteiger partial charge >= 0.3 is 11.9 Å². The molecule has 8 heteroatoms. The molecule has 0 amide bonds. The number of nitrogens with zero attached hydrogens (tertiary/aromatic N) is 1. The zero-order valence-corrected chi connectivity index (χ0v) is 16.2. The smallest absolute Gasteiger partial charge is 0.309 e. The molecule has 1 aromatic rings. The van der Waals surface area contributed by atoms with Crippen LogP contribution in [0.1, 0.15) is 26.7 Å². The van der Waals surface area contributed by atoms with Crippen LogP contribution in [0.3, 0.4) is 0 Å². The molecule has 0 aliphatic heterocycles. The van der Waals surface area contributed by atoms with Gasteiger partial charge in [0.2, 0.25) is 0 Å². The Morgan fingerprint density at radius 1 is 1.24 bits per heavy atom. The Morgan fingerprint density at radius 3 is 2.64 bits per heavy atom. The van der Waals surface area contributed by atoms with Crippen molar-refractivity contribution in [3.63, 3.8) is 0 Å². The van der Waals surface area contributed by atoms with Crippen molar-refractivity contribution in [2.75, 3.05) is 25.6 Å². The number of hydrogen-bond acceptors (Lipinski definition) is 8. The Labute approximate surface area is 156 Å². The van der Waals surface area contributed by atoms with E-state index in [4.69, 9.17) is 14.6 Å². The lowest BCUT2D eigenvalue weighted by molar-refractivity contribution is -0.152. The maximum absolute atomic E-state index is 12.0. The van der Waals surface area contributed by atoms with Crippen LogP contribution in [0.2, 0.25) is 0 Å². The second kappa shape index (κ2) is 13.0. The number of rotatable bonds is 12. The molecule has 1 rings (SSSR count). The highest BCUT2D eigenvalue weighted by Crippen LogP contribution is 2.28. The van der Waals surface area contributed by atoms with E-state index in [1.165, 1.54) is 10.8 Å². The van der Waals surface area contributed by atoms with Gasteiger partial charge in [0.05, 0.1) is 18.4 Å². The zero-order valence-electron chi connectivity index (χ0n) is 14.6. The molecule has 140 valence electrons. The van der Waals surface area contributed by atoms with Gasteiger partial charge in [-0.3, -0.25) is 9.59 Å². The van der Waals surface area contributed by atoms with E-state index in [1.807, 2.05) is 25.1 Å². The van der Waals surface area contributed by atoms with E-state index in [1.54, 1.807) is 23.9 Å². The molecule has 0 spiro atoms. The number of carbonyl (C=O) groups excluding carboxylic acids is 2. The van der Waals surface area contributed by atoms with E-state index in [9.17, 15) is 9.59 Å². The molecule has 0 aromatic carbocycles. The molecule has 25 heavy (non-hydrogen) atoms. The largest absolute Gasteiger partial charge is 0.465 e. The summed E-state index contributed by atoms with van der Waals surface area (Å²) in [5, 5.41) is 9.61. The average molecular weight is 388 g/mol. The predicted molar refractivity (Wildman–Crippen MR) is 99.1 cm³/mol. The summed E-state index contributed by atoms with van der Waals surface area (Å²) >= 11 is 0. The predicted octanol–water partition coefficient (Wildman–Crippen LogP) is 2.95. The van der Waals surface area contributed by atoms with Crippen LogP contribution in [0.4, 0.5) is 0 Å². The molecule has 0 aliphatic rings. The van der Waals surface area contributed by atoms with Gasteiger partial charge in [-0.05, 0) is 35.8 Å². The Kier molecular flexibility index (Phi) is 11.3. The van der Waals surface area contributed by atoms with Crippen molar-refractivity contribution in [3.8, 4) is 0 Å². The molecule has 0 bridgehead atoms. The lowest BCUT2D eigenvalue weighted by atomic mass is 9.94. The number of carbonyl (C=O) groups is 2. The number of esters is 2. The molecular weight excluding hydrogens is 362 g/mol. The van der Waals surface area contributed by atoms with Crippen LogP contribution in [0.25, 0.3) is 0 Å². The molecule has 6 nitrogen and oxygen atoms in total. The zero-order chi connectivity index (χ0) is 18.5. The number of pyridine rings is 1. The third kappa shape index (κ3) is 9.13. The summed E-state index contributed by atoms with van der Waals surface area (Å²) in [6.45, 7) is 3.72. The molecule has 1 aromatic heterocycles. The summed E-state index contributed by atoms with van der Waals surface area (Å²) in [7, 11) is 3.11. The van der Waals surface area contributed by atoms with E-state index < -0.39 is 0 Å². The summed E-state index contributed by atoms with van der Waals surface area (Å²) in [4.78, 5) is 28.0. The van der Waals surface area contributed by atoms with E-state index in [2.05, 4.69) is 4.98 Å². The summed E-state index contributed by atoms with van der Waals surface area (Å²) < 4.78 is 10.2. The minimum absolute atomic E-state index is 0.0146. The van der Waals surface area contributed by atoms with Crippen LogP contribution in [0.5, 0.6) is 0 Å². The molecular formula is C17H25NO5S2. The van der Waals surface area contributed by atoms with Crippen LogP contribution in [-0.2, 0) is 19.1 Å². The summed E-state index contributed by atoms with van der Waals surface area (Å²) in [5.74, 6) is -0.756. The van der Waals surface area contributed by atoms with E-state index in [0.717, 1.165) is 5.03 Å². The van der Waals surface area contributed by atoms with E-state index in [-0.39, 0.29) is 37.0 Å². The normalized spacial score (nSPS) is 13.1. The fourth-order valence-corrected chi connectivity index (χ4v) is 3.74. The van der Waals surface area contributed by atoms with Gasteiger partial charge in [0.15, 0.2) is 0 Å². The lowest BCUT2D eigenvalue weighted by Gasteiger charge is -2.17. The molecule has 0 saturated heterocycles. The van der Waals surface area contributed by atoms with Gasteiger partial charge in [-0.2, -0.15) is 0 Å². The minimum atomic E-state index is -0.376. The first-order valence-electron chi connectivity index (χ1n) is 8.23. The molecule has 1 heterocycles. The van der Waals surface area contributed by atoms with Crippen LogP contribution in [0, 0.1) is 11.8 Å². The standard InChI is InChI=1S/C17H25NO5S2/c1-3-14(17(21)22-9-8-19)12-13(2)16(20)23-10-11-24-25-15-6-4-5-7-18-15/h4-7,13-14,19H,3,8-12H2,1-2H3. The Balaban J connectivity index is 2.23. The van der Waals surface area contributed by atoms with Crippen molar-refractivity contribution in [3.05, 3.63) is 24.4 Å². The number of hydrogen-bond donors (Lipinski definition) is 1. The summed E-state index contributed by atoms with van der Waals surface area (Å²) in [6, 6.07) is 5.71. The molecule has 0 saturated carbocycles. The monoisotopic (exact) mass is 387 g/mol. The van der Waals surface area contributed by atoms with Crippen molar-refractivity contribution in [1.29, 1.82) is 0 Å². The van der Waals surface area contributed by atoms with Crippen LogP contribution < -0.4 is 0 Å². The second-order valence-electron chi connectivity index (χ2n) is 5.37. The highest BCUT2D eigenvalue weighted by atomic mass is 33.1. The topological polar surface area (TPSA) is 85.7 Å². The Morgan fingerprint density at radius 2 is 2.00 bits per heavy atom. The molecule has 0 fully saturated rings. The van der Waals surface area contributed by atoms with Crippen molar-refractivity contribution >= 4 is 33.5 Å². The first-order chi connectivity index (χ1) is 12.1. The van der Waals surface area contributed by atoms with Gasteiger partial charge in [0.25, 0.3) is 0 Å². The minimum Gasteiger partial charge on any atom is -0.465 e. The third-order valence-corrected chi connectivity index (χ3v) is 5.62. The number of aliphatic hydroxyl groups is 1. The van der Waals surface area contributed by atoms with Gasteiger partial charge in [0.1, 0.15) is 18.2 Å². The van der Waals surface area contributed by atoms with Gasteiger partial charge in [-0.15, -0.1) is 0 Å². The first-order valence-corrected chi connectivity index (χ1v) is 10.5. The number of aliphatic hydroxyl groups excluding tert-OH is 1. The highest BCUT2D eigenvalue weighted by molar-refractivity contribution is 8.76. The number of aromatic nitrogens is 1. The third-order valence-electron chi connectivity index (χ3n) is 3.40. The van der Waals surface area contributed by atoms with E-state index >= 15 is 0 Å². The van der Waals surface area contributed by atoms with Crippen LogP contribution >= 0.6 is 21.6 Å². The Hall–Kier alpha value is -1.25. The van der Waals surface area contributed by atoms with Crippen LogP contribution in [0.15, 0.2) is 29.4 Å². The van der Waals surface area contributed by atoms with Gasteiger partial charge in [0, 0.05) is 11.9 Å². The molecule has 2 atom stereocenters. The summed E-state index contributed by atoms with van der Waals surface area (Å²) in [5.41, 5.74) is 0. The SMILES string of the molecule is CCC(CC(C)C(=O)OCCSSc1ccccn1)C(=O)OCCO. The quantitative estimate of drug-likeness (QED) is 0.333. The van der Waals surface area contributed by atoms with Crippen LogP contribution in [-0.4, -0.2) is 47.6 Å². The lowest BCUT2D eigenvalue weighted by Crippen LogP contribution is -2.25. The second-order valence-corrected chi connectivity index (χ2v) is 7.81. The van der Waals surface area contributed by atoms with Crippen molar-refractivity contribution in [2.45, 2.75) is 31.7 Å². The number of ether oxygens (including phenoxy) is 2. The fraction of sp³-hybridized carbons (Fsp3) is 0.588. The van der Waals surface area contributed by atoms with Gasteiger partial charge in [-0.25, -0.2) is 4.98 Å². The highest BCUT2D eigenvalue weighted by Gasteiger charge is 2.25. The summed E-state index contributed by atoms with van der Waals surface area (Å²) in [6.07, 6.45) is 2.70. The van der Waals surface area contributed by atoms with Crippen molar-refractivity contribution in [1.82, 2.24) is 4.98 Å². The Bertz CT molecular complexity index is 515.